The van der Waals surface area contributed by atoms with Gasteiger partial charge in [-0.1, -0.05) is 48.5 Å². The fourth-order valence-corrected chi connectivity index (χ4v) is 6.91. The molecule has 0 saturated carbocycles. The number of benzene rings is 2. The molecule has 2 heterocycles. The number of amides is 6. The number of carbonyl (C=O) groups is 7. The monoisotopic (exact) mass is 937 g/mol. The standard InChI is InChI=1S/C41H55N13O9S2/c42-26(19-64)34(56)50-31(15-24-17-45-21-48-24)38(60)51-29(13-22-7-2-1-3-8-22)36(58)52-30(14-23-16-47-27-10-5-4-9-25(23)27)37(59)54-33(20-65)39(61)49-28(11-6-12-46-41(43)44)35(57)53-32(18-55)40(62)63/h1-5,7-10,16-17,21,26,28-33,47,55,64-65H,6,11-15,18-20,42H2,(H,45,48)(H,49,61)(H,50,56)(H,51,60)(H,52,58)(H,53,57)(H,54,59)(H,62,63)(H4,43,44,46)/t26-,28-,29-,30-,31-,32-,33-/m0/s1. The first kappa shape index (κ1) is 51.0. The third-order valence-electron chi connectivity index (χ3n) is 9.98. The molecule has 350 valence electrons. The van der Waals surface area contributed by atoms with Crippen molar-refractivity contribution in [3.05, 3.63) is 90.1 Å². The summed E-state index contributed by atoms with van der Waals surface area (Å²) in [4.78, 5) is 108. The Labute approximate surface area is 384 Å². The van der Waals surface area contributed by atoms with Crippen LogP contribution in [-0.4, -0.2) is 139 Å². The number of carbonyl (C=O) groups excluding carboxylic acids is 6. The molecule has 0 unspecified atom stereocenters. The number of carboxylic acid groups (broad SMARTS) is 1. The van der Waals surface area contributed by atoms with Crippen LogP contribution in [0.25, 0.3) is 10.9 Å². The Kier molecular flexibility index (Phi) is 20.1. The Bertz CT molecular complexity index is 2260. The summed E-state index contributed by atoms with van der Waals surface area (Å²) in [6, 6.07) is 6.57. The van der Waals surface area contributed by atoms with Crippen LogP contribution in [0.5, 0.6) is 0 Å². The van der Waals surface area contributed by atoms with Crippen LogP contribution >= 0.6 is 25.3 Å². The van der Waals surface area contributed by atoms with E-state index < -0.39 is 90.3 Å². The molecular formula is C41H55N13O9S2. The molecule has 0 spiro atoms. The number of aromatic nitrogens is 3. The number of aliphatic hydroxyl groups excluding tert-OH is 1. The van der Waals surface area contributed by atoms with Gasteiger partial charge in [0.15, 0.2) is 5.96 Å². The number of para-hydroxylation sites is 1. The molecule has 7 atom stereocenters. The van der Waals surface area contributed by atoms with Crippen molar-refractivity contribution in [1.29, 1.82) is 0 Å². The third kappa shape index (κ3) is 15.8. The number of nitrogens with two attached hydrogens (primary N) is 3. The van der Waals surface area contributed by atoms with Gasteiger partial charge >= 0.3 is 5.97 Å². The van der Waals surface area contributed by atoms with Gasteiger partial charge in [0, 0.05) is 66.3 Å². The van der Waals surface area contributed by atoms with E-state index in [2.05, 4.69) is 77.1 Å². The lowest BCUT2D eigenvalue weighted by molar-refractivity contribution is -0.143. The SMILES string of the molecule is NC(N)=NCCC[C@H](NC(=O)[C@H](CS)NC(=O)[C@H](Cc1c[nH]c2ccccc12)NC(=O)[C@H](Cc1ccccc1)NC(=O)[C@H](Cc1cnc[nH]1)NC(=O)[C@@H](N)CS)C(=O)N[C@@H](CO)C(=O)O. The molecule has 6 amide bonds. The number of aromatic amines is 2. The van der Waals surface area contributed by atoms with Gasteiger partial charge in [-0.15, -0.1) is 0 Å². The number of hydrogen-bond donors (Lipinski definition) is 15. The number of hydrogen-bond acceptors (Lipinski definition) is 13. The lowest BCUT2D eigenvalue weighted by Crippen LogP contribution is -2.61. The number of nitrogens with one attached hydrogen (secondary N) is 8. The first-order valence-corrected chi connectivity index (χ1v) is 21.6. The predicted molar refractivity (Wildman–Crippen MR) is 246 cm³/mol. The van der Waals surface area contributed by atoms with Crippen LogP contribution in [-0.2, 0) is 52.8 Å². The van der Waals surface area contributed by atoms with Crippen molar-refractivity contribution in [3.63, 3.8) is 0 Å². The molecule has 16 N–H and O–H groups in total. The van der Waals surface area contributed by atoms with Crippen LogP contribution in [0.4, 0.5) is 0 Å². The Morgan fingerprint density at radius 2 is 1.23 bits per heavy atom. The second-order valence-electron chi connectivity index (χ2n) is 14.8. The van der Waals surface area contributed by atoms with Gasteiger partial charge in [0.2, 0.25) is 35.4 Å². The summed E-state index contributed by atoms with van der Waals surface area (Å²) in [5.41, 5.74) is 19.2. The molecule has 24 heteroatoms. The van der Waals surface area contributed by atoms with Crippen molar-refractivity contribution in [2.45, 2.75) is 74.4 Å². The van der Waals surface area contributed by atoms with E-state index in [9.17, 15) is 43.8 Å². The molecule has 2 aromatic heterocycles. The molecule has 22 nitrogen and oxygen atoms in total. The van der Waals surface area contributed by atoms with E-state index in [0.717, 1.165) is 10.9 Å². The van der Waals surface area contributed by atoms with Gasteiger partial charge in [0.25, 0.3) is 0 Å². The first-order valence-electron chi connectivity index (χ1n) is 20.4. The van der Waals surface area contributed by atoms with Gasteiger partial charge in [-0.05, 0) is 30.0 Å². The molecule has 0 fully saturated rings. The summed E-state index contributed by atoms with van der Waals surface area (Å²) < 4.78 is 0. The molecule has 2 aromatic carbocycles. The molecule has 4 aromatic rings. The van der Waals surface area contributed by atoms with E-state index in [0.29, 0.717) is 16.8 Å². The fraction of sp³-hybridized carbons (Fsp3) is 0.390. The normalized spacial score (nSPS) is 14.3. The zero-order valence-electron chi connectivity index (χ0n) is 35.1. The minimum Gasteiger partial charge on any atom is -0.480 e. The summed E-state index contributed by atoms with van der Waals surface area (Å²) >= 11 is 8.37. The maximum atomic E-state index is 14.5. The number of guanidine groups is 1. The van der Waals surface area contributed by atoms with Gasteiger partial charge in [-0.3, -0.25) is 33.8 Å². The molecular weight excluding hydrogens is 883 g/mol. The second-order valence-corrected chi connectivity index (χ2v) is 15.6. The third-order valence-corrected chi connectivity index (χ3v) is 10.7. The average molecular weight is 938 g/mol. The number of fused-ring (bicyclic) bond motifs is 1. The van der Waals surface area contributed by atoms with E-state index in [1.807, 2.05) is 18.2 Å². The quantitative estimate of drug-likeness (QED) is 0.0131. The van der Waals surface area contributed by atoms with Crippen LogP contribution in [0.3, 0.4) is 0 Å². The van der Waals surface area contributed by atoms with E-state index in [-0.39, 0.29) is 56.1 Å². The number of aliphatic imine (C=N–C) groups is 1. The molecule has 0 aliphatic carbocycles. The molecule has 0 bridgehead atoms. The molecule has 0 radical (unpaired) electrons. The number of aliphatic carboxylic acids is 1. The van der Waals surface area contributed by atoms with Gasteiger partial charge < -0.3 is 69.3 Å². The lowest BCUT2D eigenvalue weighted by Gasteiger charge is -2.27. The predicted octanol–water partition coefficient (Wildman–Crippen LogP) is -2.85. The zero-order chi connectivity index (χ0) is 47.5. The molecule has 0 aliphatic rings. The van der Waals surface area contributed by atoms with Crippen molar-refractivity contribution < 1.29 is 43.8 Å². The Morgan fingerprint density at radius 3 is 1.83 bits per heavy atom. The summed E-state index contributed by atoms with van der Waals surface area (Å²) in [7, 11) is 0. The van der Waals surface area contributed by atoms with Gasteiger partial charge in [0.1, 0.15) is 36.3 Å². The summed E-state index contributed by atoms with van der Waals surface area (Å²) in [5, 5.41) is 35.0. The van der Waals surface area contributed by atoms with Crippen molar-refractivity contribution in [1.82, 2.24) is 46.9 Å². The van der Waals surface area contributed by atoms with Crippen LogP contribution in [0.1, 0.15) is 29.7 Å². The van der Waals surface area contributed by atoms with Crippen molar-refractivity contribution >= 4 is 83.5 Å². The van der Waals surface area contributed by atoms with Crippen molar-refractivity contribution in [2.24, 2.45) is 22.2 Å². The Hall–Kier alpha value is -6.63. The van der Waals surface area contributed by atoms with Crippen molar-refractivity contribution in [3.8, 4) is 0 Å². The smallest absolute Gasteiger partial charge is 0.328 e. The van der Waals surface area contributed by atoms with E-state index in [1.165, 1.54) is 12.5 Å². The lowest BCUT2D eigenvalue weighted by atomic mass is 10.0. The fourth-order valence-electron chi connectivity index (χ4n) is 6.49. The average Bonchev–Trinajstić information content (AvgIpc) is 3.97. The highest BCUT2D eigenvalue weighted by Crippen LogP contribution is 2.20. The molecule has 0 aliphatic heterocycles. The van der Waals surface area contributed by atoms with Crippen LogP contribution < -0.4 is 49.1 Å². The zero-order valence-corrected chi connectivity index (χ0v) is 36.9. The number of H-pyrrole nitrogens is 2. The topological polar surface area (TPSA) is 367 Å². The molecule has 0 saturated heterocycles. The number of imidazole rings is 1. The molecule has 65 heavy (non-hydrogen) atoms. The highest BCUT2D eigenvalue weighted by Gasteiger charge is 2.34. The van der Waals surface area contributed by atoms with Crippen LogP contribution in [0.2, 0.25) is 0 Å². The highest BCUT2D eigenvalue weighted by atomic mass is 32.1. The second kappa shape index (κ2) is 25.6. The summed E-state index contributed by atoms with van der Waals surface area (Å²) in [5.74, 6) is -6.90. The minimum absolute atomic E-state index is 0.00661. The van der Waals surface area contributed by atoms with Gasteiger partial charge in [-0.2, -0.15) is 25.3 Å². The van der Waals surface area contributed by atoms with E-state index in [1.54, 1.807) is 42.6 Å². The first-order chi connectivity index (χ1) is 31.1. The van der Waals surface area contributed by atoms with E-state index in [4.69, 9.17) is 17.2 Å². The number of nitrogens with zero attached hydrogens (tertiary/aromatic N) is 2. The van der Waals surface area contributed by atoms with E-state index >= 15 is 0 Å². The number of thiol groups is 2. The summed E-state index contributed by atoms with van der Waals surface area (Å²) in [6.07, 6.45) is 4.42. The summed E-state index contributed by atoms with van der Waals surface area (Å²) in [6.45, 7) is -0.875. The number of rotatable bonds is 26. The Morgan fingerprint density at radius 1 is 0.677 bits per heavy atom. The van der Waals surface area contributed by atoms with Gasteiger partial charge in [-0.25, -0.2) is 9.78 Å². The van der Waals surface area contributed by atoms with Crippen molar-refractivity contribution in [2.75, 3.05) is 24.7 Å². The Balaban J connectivity index is 1.63. The minimum atomic E-state index is -1.68. The number of carboxylic acids is 1. The molecule has 4 rings (SSSR count). The maximum absolute atomic E-state index is 14.5. The van der Waals surface area contributed by atoms with Gasteiger partial charge in [0.05, 0.1) is 19.0 Å². The largest absolute Gasteiger partial charge is 0.480 e. The number of aliphatic hydroxyl groups is 1. The maximum Gasteiger partial charge on any atom is 0.328 e. The highest BCUT2D eigenvalue weighted by molar-refractivity contribution is 7.80. The van der Waals surface area contributed by atoms with Crippen LogP contribution in [0, 0.1) is 0 Å². The van der Waals surface area contributed by atoms with Crippen LogP contribution in [0.15, 0.2) is 78.3 Å².